The van der Waals surface area contributed by atoms with E-state index in [4.69, 9.17) is 0 Å². The predicted molar refractivity (Wildman–Crippen MR) is 76.2 cm³/mol. The van der Waals surface area contributed by atoms with Gasteiger partial charge in [-0.05, 0) is 42.7 Å². The summed E-state index contributed by atoms with van der Waals surface area (Å²) in [5.41, 5.74) is 0.491. The van der Waals surface area contributed by atoms with Crippen LogP contribution in [0.4, 0.5) is 4.79 Å². The van der Waals surface area contributed by atoms with Crippen LogP contribution >= 0.6 is 0 Å². The van der Waals surface area contributed by atoms with Crippen molar-refractivity contribution in [2.24, 2.45) is 17.8 Å². The molecule has 0 aliphatic heterocycles. The lowest BCUT2D eigenvalue weighted by Crippen LogP contribution is -2.41. The molecule has 0 aromatic heterocycles. The fraction of sp³-hybridized carbons (Fsp3) is 0.375. The Morgan fingerprint density at radius 2 is 1.90 bits per heavy atom. The largest absolute Gasteiger partial charge is 0.337 e. The molecule has 0 heterocycles. The number of nitrogens with one attached hydrogen (secondary N) is 2. The summed E-state index contributed by atoms with van der Waals surface area (Å²) in [6.45, 7) is 0.638. The van der Waals surface area contributed by atoms with Crippen LogP contribution < -0.4 is 10.6 Å². The highest BCUT2D eigenvalue weighted by molar-refractivity contribution is 6.04. The van der Waals surface area contributed by atoms with Crippen molar-refractivity contribution >= 4 is 11.9 Å². The van der Waals surface area contributed by atoms with Gasteiger partial charge in [0.15, 0.2) is 0 Å². The molecule has 2 bridgehead atoms. The smallest absolute Gasteiger partial charge is 0.321 e. The number of benzene rings is 1. The Balaban J connectivity index is 1.46. The summed E-state index contributed by atoms with van der Waals surface area (Å²) in [4.78, 5) is 23.5. The molecular formula is C16H18N2O2. The van der Waals surface area contributed by atoms with Gasteiger partial charge in [0.05, 0.1) is 0 Å². The van der Waals surface area contributed by atoms with Crippen LogP contribution in [0.15, 0.2) is 42.5 Å². The van der Waals surface area contributed by atoms with Crippen molar-refractivity contribution in [2.45, 2.75) is 12.8 Å². The number of amides is 3. The zero-order valence-corrected chi connectivity index (χ0v) is 11.2. The van der Waals surface area contributed by atoms with Gasteiger partial charge in [0.25, 0.3) is 5.91 Å². The monoisotopic (exact) mass is 270 g/mol. The molecule has 2 aliphatic rings. The van der Waals surface area contributed by atoms with Crippen LogP contribution in [-0.2, 0) is 0 Å². The van der Waals surface area contributed by atoms with Gasteiger partial charge in [0.2, 0.25) is 0 Å². The average Bonchev–Trinajstić information content (AvgIpc) is 3.08. The van der Waals surface area contributed by atoms with E-state index in [9.17, 15) is 9.59 Å². The summed E-state index contributed by atoms with van der Waals surface area (Å²) < 4.78 is 0. The van der Waals surface area contributed by atoms with Crippen LogP contribution in [-0.4, -0.2) is 18.5 Å². The summed E-state index contributed by atoms with van der Waals surface area (Å²) in [7, 11) is 0. The first-order valence-corrected chi connectivity index (χ1v) is 7.05. The highest BCUT2D eigenvalue weighted by Gasteiger charge is 2.35. The second kappa shape index (κ2) is 5.49. The van der Waals surface area contributed by atoms with Gasteiger partial charge in [-0.1, -0.05) is 30.4 Å². The number of fused-ring (bicyclic) bond motifs is 2. The highest BCUT2D eigenvalue weighted by atomic mass is 16.2. The fourth-order valence-corrected chi connectivity index (χ4v) is 3.16. The summed E-state index contributed by atoms with van der Waals surface area (Å²) in [6.07, 6.45) is 6.90. The van der Waals surface area contributed by atoms with Crippen LogP contribution in [0.2, 0.25) is 0 Å². The Kier molecular flexibility index (Phi) is 3.54. The maximum atomic E-state index is 11.8. The molecule has 104 valence electrons. The molecule has 0 radical (unpaired) electrons. The average molecular weight is 270 g/mol. The van der Waals surface area contributed by atoms with E-state index in [2.05, 4.69) is 22.8 Å². The number of carbonyl (C=O) groups excluding carboxylic acids is 2. The molecule has 0 spiro atoms. The number of carbonyl (C=O) groups is 2. The van der Waals surface area contributed by atoms with Crippen molar-refractivity contribution in [3.63, 3.8) is 0 Å². The van der Waals surface area contributed by atoms with Gasteiger partial charge >= 0.3 is 6.03 Å². The van der Waals surface area contributed by atoms with Crippen LogP contribution in [0.5, 0.6) is 0 Å². The quantitative estimate of drug-likeness (QED) is 0.828. The van der Waals surface area contributed by atoms with Gasteiger partial charge in [-0.2, -0.15) is 0 Å². The summed E-state index contributed by atoms with van der Waals surface area (Å²) in [6, 6.07) is 8.33. The maximum absolute atomic E-state index is 11.8. The van der Waals surface area contributed by atoms with Crippen LogP contribution in [0.3, 0.4) is 0 Å². The van der Waals surface area contributed by atoms with Gasteiger partial charge in [-0.25, -0.2) is 4.79 Å². The third-order valence-corrected chi connectivity index (χ3v) is 4.20. The maximum Gasteiger partial charge on any atom is 0.321 e. The Labute approximate surface area is 118 Å². The highest BCUT2D eigenvalue weighted by Crippen LogP contribution is 2.42. The number of imide groups is 1. The van der Waals surface area contributed by atoms with Crippen molar-refractivity contribution < 1.29 is 9.59 Å². The van der Waals surface area contributed by atoms with Crippen LogP contribution in [0, 0.1) is 17.8 Å². The van der Waals surface area contributed by atoms with Crippen molar-refractivity contribution in [3.8, 4) is 0 Å². The first-order chi connectivity index (χ1) is 9.72. The molecule has 1 saturated carbocycles. The molecule has 3 atom stereocenters. The van der Waals surface area contributed by atoms with E-state index in [-0.39, 0.29) is 5.91 Å². The van der Waals surface area contributed by atoms with Crippen molar-refractivity contribution in [3.05, 3.63) is 48.0 Å². The lowest BCUT2D eigenvalue weighted by molar-refractivity contribution is 0.0963. The van der Waals surface area contributed by atoms with E-state index in [0.29, 0.717) is 29.9 Å². The molecule has 1 aromatic rings. The molecule has 1 aromatic carbocycles. The van der Waals surface area contributed by atoms with Crippen molar-refractivity contribution in [1.82, 2.24) is 10.6 Å². The number of urea groups is 1. The molecule has 0 unspecified atom stereocenters. The topological polar surface area (TPSA) is 58.2 Å². The SMILES string of the molecule is O=C(NC[C@@H]1C[C@@H]2C=C[C@H]1C2)NC(=O)c1ccccc1. The second-order valence-corrected chi connectivity index (χ2v) is 5.57. The number of hydrogen-bond acceptors (Lipinski definition) is 2. The second-order valence-electron chi connectivity index (χ2n) is 5.57. The summed E-state index contributed by atoms with van der Waals surface area (Å²) in [5, 5.41) is 5.16. The molecule has 3 amide bonds. The first-order valence-electron chi connectivity index (χ1n) is 7.05. The summed E-state index contributed by atoms with van der Waals surface area (Å²) >= 11 is 0. The molecule has 2 N–H and O–H groups in total. The van der Waals surface area contributed by atoms with Gasteiger partial charge in [-0.3, -0.25) is 10.1 Å². The van der Waals surface area contributed by atoms with E-state index in [1.54, 1.807) is 24.3 Å². The molecule has 1 fully saturated rings. The number of allylic oxidation sites excluding steroid dienone is 2. The fourth-order valence-electron chi connectivity index (χ4n) is 3.16. The summed E-state index contributed by atoms with van der Waals surface area (Å²) in [5.74, 6) is 1.45. The van der Waals surface area contributed by atoms with E-state index in [1.807, 2.05) is 6.07 Å². The zero-order chi connectivity index (χ0) is 13.9. The lowest BCUT2D eigenvalue weighted by atomic mass is 9.94. The van der Waals surface area contributed by atoms with Gasteiger partial charge in [0.1, 0.15) is 0 Å². The van der Waals surface area contributed by atoms with Gasteiger partial charge in [-0.15, -0.1) is 0 Å². The minimum atomic E-state index is -0.411. The van der Waals surface area contributed by atoms with E-state index in [0.717, 1.165) is 6.42 Å². The standard InChI is InChI=1S/C16H18N2O2/c19-15(12-4-2-1-3-5-12)18-16(20)17-10-14-9-11-6-7-13(14)8-11/h1-7,11,13-14H,8-10H2,(H2,17,18,19,20)/t11-,13+,14+/m1/s1. The van der Waals surface area contributed by atoms with Gasteiger partial charge in [0, 0.05) is 12.1 Å². The molecule has 4 nitrogen and oxygen atoms in total. The number of hydrogen-bond donors (Lipinski definition) is 2. The molecule has 0 saturated heterocycles. The molecule has 4 heteroatoms. The third kappa shape index (κ3) is 2.74. The van der Waals surface area contributed by atoms with E-state index >= 15 is 0 Å². The van der Waals surface area contributed by atoms with E-state index < -0.39 is 6.03 Å². The van der Waals surface area contributed by atoms with Crippen molar-refractivity contribution in [1.29, 1.82) is 0 Å². The molecular weight excluding hydrogens is 252 g/mol. The normalized spacial score (nSPS) is 26.5. The third-order valence-electron chi connectivity index (χ3n) is 4.20. The first kappa shape index (κ1) is 12.9. The molecule has 20 heavy (non-hydrogen) atoms. The number of rotatable bonds is 3. The molecule has 3 rings (SSSR count). The Hall–Kier alpha value is -2.10. The van der Waals surface area contributed by atoms with Crippen LogP contribution in [0.25, 0.3) is 0 Å². The zero-order valence-electron chi connectivity index (χ0n) is 11.2. The van der Waals surface area contributed by atoms with Crippen LogP contribution in [0.1, 0.15) is 23.2 Å². The minimum Gasteiger partial charge on any atom is -0.337 e. The van der Waals surface area contributed by atoms with E-state index in [1.165, 1.54) is 6.42 Å². The van der Waals surface area contributed by atoms with Crippen molar-refractivity contribution in [2.75, 3.05) is 6.54 Å². The van der Waals surface area contributed by atoms with Gasteiger partial charge < -0.3 is 5.32 Å². The molecule has 2 aliphatic carbocycles. The predicted octanol–water partition coefficient (Wildman–Crippen LogP) is 2.34. The minimum absolute atomic E-state index is 0.365. The Bertz CT molecular complexity index is 539. The Morgan fingerprint density at radius 1 is 1.10 bits per heavy atom. The lowest BCUT2D eigenvalue weighted by Gasteiger charge is -2.18. The Morgan fingerprint density at radius 3 is 2.55 bits per heavy atom.